The standard InChI is InChI=1S/C6H4BrF2IN2O2S/c7-3-4(6(8)9)12-1-2(10)5(3)15(11,13)14/h1,6H,(H2,11,13,14). The lowest BCUT2D eigenvalue weighted by Gasteiger charge is -2.08. The highest BCUT2D eigenvalue weighted by molar-refractivity contribution is 14.1. The Hall–Kier alpha value is 0.130. The van der Waals surface area contributed by atoms with Crippen LogP contribution in [0.2, 0.25) is 0 Å². The van der Waals surface area contributed by atoms with Crippen molar-refractivity contribution in [3.05, 3.63) is 19.9 Å². The van der Waals surface area contributed by atoms with Crippen LogP contribution in [0.1, 0.15) is 12.1 Å². The van der Waals surface area contributed by atoms with Crippen molar-refractivity contribution in [1.82, 2.24) is 4.98 Å². The number of hydrogen-bond donors (Lipinski definition) is 1. The van der Waals surface area contributed by atoms with Crippen LogP contribution in [0.15, 0.2) is 15.6 Å². The van der Waals surface area contributed by atoms with Gasteiger partial charge in [-0.25, -0.2) is 22.3 Å². The molecule has 0 aliphatic heterocycles. The Kier molecular flexibility index (Phi) is 4.01. The van der Waals surface area contributed by atoms with Gasteiger partial charge in [0.1, 0.15) is 10.6 Å². The average molecular weight is 413 g/mol. The second-order valence-corrected chi connectivity index (χ2v) is 5.93. The van der Waals surface area contributed by atoms with E-state index >= 15 is 0 Å². The molecule has 0 aliphatic rings. The molecule has 0 saturated heterocycles. The van der Waals surface area contributed by atoms with Crippen molar-refractivity contribution in [3.8, 4) is 0 Å². The molecule has 0 bridgehead atoms. The summed E-state index contributed by atoms with van der Waals surface area (Å²) in [7, 11) is -4.05. The largest absolute Gasteiger partial charge is 0.281 e. The molecule has 1 aromatic heterocycles. The van der Waals surface area contributed by atoms with Gasteiger partial charge in [0, 0.05) is 6.20 Å². The molecule has 84 valence electrons. The maximum atomic E-state index is 12.4. The molecular weight excluding hydrogens is 409 g/mol. The zero-order valence-corrected chi connectivity index (χ0v) is 11.5. The van der Waals surface area contributed by atoms with Gasteiger partial charge in [0.05, 0.1) is 8.04 Å². The van der Waals surface area contributed by atoms with E-state index in [9.17, 15) is 17.2 Å². The molecule has 15 heavy (non-hydrogen) atoms. The van der Waals surface area contributed by atoms with Crippen LogP contribution in [0.3, 0.4) is 0 Å². The molecule has 1 aromatic rings. The van der Waals surface area contributed by atoms with Crippen molar-refractivity contribution in [3.63, 3.8) is 0 Å². The summed E-state index contributed by atoms with van der Waals surface area (Å²) in [5.41, 5.74) is -0.639. The number of pyridine rings is 1. The maximum Gasteiger partial charge on any atom is 0.281 e. The Morgan fingerprint density at radius 3 is 2.47 bits per heavy atom. The summed E-state index contributed by atoms with van der Waals surface area (Å²) in [6.07, 6.45) is -1.83. The van der Waals surface area contributed by atoms with E-state index in [0.717, 1.165) is 6.20 Å². The number of rotatable bonds is 2. The number of sulfonamides is 1. The third-order valence-electron chi connectivity index (χ3n) is 1.45. The minimum Gasteiger partial charge on any atom is -0.253 e. The molecular formula is C6H4BrF2IN2O2S. The molecule has 1 heterocycles. The summed E-state index contributed by atoms with van der Waals surface area (Å²) < 4.78 is 46.9. The Bertz CT molecular complexity index is 494. The van der Waals surface area contributed by atoms with Crippen molar-refractivity contribution in [2.24, 2.45) is 5.14 Å². The topological polar surface area (TPSA) is 73.1 Å². The number of aromatic nitrogens is 1. The lowest BCUT2D eigenvalue weighted by molar-refractivity contribution is 0.144. The van der Waals surface area contributed by atoms with E-state index in [1.165, 1.54) is 0 Å². The molecule has 0 saturated carbocycles. The first-order valence-electron chi connectivity index (χ1n) is 3.40. The fourth-order valence-electron chi connectivity index (χ4n) is 0.876. The summed E-state index contributed by atoms with van der Waals surface area (Å²) in [5.74, 6) is 0. The zero-order chi connectivity index (χ0) is 11.8. The van der Waals surface area contributed by atoms with Crippen molar-refractivity contribution in [1.29, 1.82) is 0 Å². The molecule has 0 amide bonds. The molecule has 2 N–H and O–H groups in total. The van der Waals surface area contributed by atoms with Crippen LogP contribution in [-0.2, 0) is 10.0 Å². The molecule has 0 aliphatic carbocycles. The summed E-state index contributed by atoms with van der Waals surface area (Å²) in [4.78, 5) is 3.06. The zero-order valence-electron chi connectivity index (χ0n) is 6.92. The first-order chi connectivity index (χ1) is 6.75. The summed E-state index contributed by atoms with van der Waals surface area (Å²) in [5, 5.41) is 4.89. The van der Waals surface area contributed by atoms with Crippen molar-refractivity contribution in [2.45, 2.75) is 11.3 Å². The number of primary sulfonamides is 1. The highest BCUT2D eigenvalue weighted by atomic mass is 127. The van der Waals surface area contributed by atoms with Gasteiger partial charge in [-0.1, -0.05) is 0 Å². The molecule has 0 aromatic carbocycles. The highest BCUT2D eigenvalue weighted by Gasteiger charge is 2.24. The number of nitrogens with zero attached hydrogens (tertiary/aromatic N) is 1. The van der Waals surface area contributed by atoms with Gasteiger partial charge in [-0.15, -0.1) is 0 Å². The van der Waals surface area contributed by atoms with Crippen LogP contribution in [-0.4, -0.2) is 13.4 Å². The third-order valence-corrected chi connectivity index (χ3v) is 4.69. The van der Waals surface area contributed by atoms with Gasteiger partial charge in [-0.3, -0.25) is 4.98 Å². The molecule has 1 rings (SSSR count). The number of alkyl halides is 2. The Balaban J connectivity index is 3.59. The van der Waals surface area contributed by atoms with Gasteiger partial charge in [-0.2, -0.15) is 0 Å². The molecule has 0 spiro atoms. The van der Waals surface area contributed by atoms with E-state index < -0.39 is 22.1 Å². The number of hydrogen-bond acceptors (Lipinski definition) is 3. The van der Waals surface area contributed by atoms with Crippen LogP contribution < -0.4 is 5.14 Å². The van der Waals surface area contributed by atoms with Crippen LogP contribution in [0.25, 0.3) is 0 Å². The second kappa shape index (κ2) is 4.55. The molecule has 0 unspecified atom stereocenters. The van der Waals surface area contributed by atoms with Gasteiger partial charge in [-0.05, 0) is 38.5 Å². The van der Waals surface area contributed by atoms with E-state index in [-0.39, 0.29) is 12.9 Å². The van der Waals surface area contributed by atoms with Crippen molar-refractivity contribution >= 4 is 48.5 Å². The van der Waals surface area contributed by atoms with E-state index in [1.807, 2.05) is 0 Å². The Morgan fingerprint density at radius 2 is 2.07 bits per heavy atom. The molecule has 0 radical (unpaired) electrons. The molecule has 4 nitrogen and oxygen atoms in total. The van der Waals surface area contributed by atoms with E-state index in [1.54, 1.807) is 22.6 Å². The predicted octanol–water partition coefficient (Wildman–Crippen LogP) is 2.03. The maximum absolute atomic E-state index is 12.4. The molecule has 0 atom stereocenters. The normalized spacial score (nSPS) is 12.1. The summed E-state index contributed by atoms with van der Waals surface area (Å²) >= 11 is 4.42. The van der Waals surface area contributed by atoms with Gasteiger partial charge in [0.25, 0.3) is 6.43 Å². The van der Waals surface area contributed by atoms with Crippen LogP contribution >= 0.6 is 38.5 Å². The van der Waals surface area contributed by atoms with Gasteiger partial charge in [0.2, 0.25) is 10.0 Å². The van der Waals surface area contributed by atoms with E-state index in [4.69, 9.17) is 5.14 Å². The number of halogens is 4. The fourth-order valence-corrected chi connectivity index (χ4v) is 4.42. The lowest BCUT2D eigenvalue weighted by Crippen LogP contribution is -2.16. The van der Waals surface area contributed by atoms with Crippen LogP contribution in [0.4, 0.5) is 8.78 Å². The Labute approximate surface area is 107 Å². The first-order valence-corrected chi connectivity index (χ1v) is 6.81. The quantitative estimate of drug-likeness (QED) is 0.755. The summed E-state index contributed by atoms with van der Waals surface area (Å²) in [6.45, 7) is 0. The van der Waals surface area contributed by atoms with Crippen LogP contribution in [0.5, 0.6) is 0 Å². The summed E-state index contributed by atoms with van der Waals surface area (Å²) in [6, 6.07) is 0. The average Bonchev–Trinajstić information content (AvgIpc) is 2.00. The van der Waals surface area contributed by atoms with Crippen molar-refractivity contribution < 1.29 is 17.2 Å². The van der Waals surface area contributed by atoms with Crippen molar-refractivity contribution in [2.75, 3.05) is 0 Å². The predicted molar refractivity (Wildman–Crippen MR) is 61.0 cm³/mol. The highest BCUT2D eigenvalue weighted by Crippen LogP contribution is 2.32. The molecule has 0 fully saturated rings. The third kappa shape index (κ3) is 2.82. The smallest absolute Gasteiger partial charge is 0.253 e. The van der Waals surface area contributed by atoms with E-state index in [0.29, 0.717) is 0 Å². The minimum absolute atomic E-state index is 0.186. The first kappa shape index (κ1) is 13.2. The second-order valence-electron chi connectivity index (χ2n) is 2.48. The minimum atomic E-state index is -4.05. The van der Waals surface area contributed by atoms with Gasteiger partial charge >= 0.3 is 0 Å². The fraction of sp³-hybridized carbons (Fsp3) is 0.167. The number of nitrogens with two attached hydrogens (primary N) is 1. The Morgan fingerprint density at radius 1 is 1.53 bits per heavy atom. The van der Waals surface area contributed by atoms with Gasteiger partial charge < -0.3 is 0 Å². The lowest BCUT2D eigenvalue weighted by atomic mass is 10.4. The molecule has 9 heteroatoms. The SMILES string of the molecule is NS(=O)(=O)c1c(I)cnc(C(F)F)c1Br. The van der Waals surface area contributed by atoms with Gasteiger partial charge in [0.15, 0.2) is 0 Å². The van der Waals surface area contributed by atoms with Crippen LogP contribution in [0, 0.1) is 3.57 Å². The van der Waals surface area contributed by atoms with E-state index in [2.05, 4.69) is 20.9 Å². The monoisotopic (exact) mass is 412 g/mol.